The van der Waals surface area contributed by atoms with Gasteiger partial charge in [-0.25, -0.2) is 28.1 Å². The number of carbonyl (C=O) groups is 2. The predicted octanol–water partition coefficient (Wildman–Crippen LogP) is 4.37. The molecule has 0 radical (unpaired) electrons. The number of nitrogens with zero attached hydrogens (tertiary/aromatic N) is 7. The summed E-state index contributed by atoms with van der Waals surface area (Å²) in [7, 11) is 2.75. The number of alkyl halides is 1. The fourth-order valence-electron chi connectivity index (χ4n) is 4.41. The van der Waals surface area contributed by atoms with Crippen LogP contribution >= 0.6 is 11.6 Å². The van der Waals surface area contributed by atoms with Gasteiger partial charge in [0.2, 0.25) is 0 Å². The summed E-state index contributed by atoms with van der Waals surface area (Å²) in [5.41, 5.74) is 2.00. The summed E-state index contributed by atoms with van der Waals surface area (Å²) in [6.45, 7) is -0.245. The van der Waals surface area contributed by atoms with E-state index >= 15 is 0 Å². The maximum absolute atomic E-state index is 14.9. The number of carbonyl (C=O) groups excluding carboxylic acids is 2. The van der Waals surface area contributed by atoms with E-state index < -0.39 is 23.4 Å². The lowest BCUT2D eigenvalue weighted by molar-refractivity contribution is 0.0640. The van der Waals surface area contributed by atoms with Crippen LogP contribution in [0.4, 0.5) is 8.78 Å². The highest BCUT2D eigenvalue weighted by atomic mass is 35.5. The van der Waals surface area contributed by atoms with Crippen LogP contribution in [0.15, 0.2) is 73.8 Å². The molecule has 1 aliphatic heterocycles. The molecule has 2 aromatic heterocycles. The molecule has 6 rings (SSSR count). The lowest BCUT2D eigenvalue weighted by Gasteiger charge is -2.18. The average Bonchev–Trinajstić information content (AvgIpc) is 3.79. The first-order valence-corrected chi connectivity index (χ1v) is 12.8. The van der Waals surface area contributed by atoms with Crippen molar-refractivity contribution in [1.82, 2.24) is 34.4 Å². The zero-order chi connectivity index (χ0) is 29.8. The number of fused-ring (bicyclic) bond motifs is 1. The first-order valence-electron chi connectivity index (χ1n) is 12.3. The Morgan fingerprint density at radius 3 is 1.64 bits per heavy atom. The molecule has 5 aromatic rings. The number of amides is 2. The van der Waals surface area contributed by atoms with Gasteiger partial charge in [-0.2, -0.15) is 10.2 Å². The zero-order valence-electron chi connectivity index (χ0n) is 22.2. The molecule has 0 unspecified atom stereocenters. The zero-order valence-corrected chi connectivity index (χ0v) is 23.0. The SMILES string of the molecule is COc1ccc(-n2cncn2)c(CCl)c1F.COc1ccc(-n2cncn2)c(CN2C(=O)c3ccccc3C2=O)c1F. The Kier molecular flexibility index (Phi) is 8.20. The van der Waals surface area contributed by atoms with E-state index in [1.54, 1.807) is 36.4 Å². The second kappa shape index (κ2) is 12.1. The van der Waals surface area contributed by atoms with Gasteiger partial charge >= 0.3 is 0 Å². The van der Waals surface area contributed by atoms with Gasteiger partial charge < -0.3 is 9.47 Å². The third kappa shape index (κ3) is 5.17. The fraction of sp³-hybridized carbons (Fsp3) is 0.143. The van der Waals surface area contributed by atoms with E-state index in [1.807, 2.05) is 0 Å². The number of hydrogen-bond donors (Lipinski definition) is 0. The Morgan fingerprint density at radius 1 is 0.738 bits per heavy atom. The Labute approximate surface area is 242 Å². The molecule has 14 heteroatoms. The number of ether oxygens (including phenoxy) is 2. The van der Waals surface area contributed by atoms with Crippen LogP contribution in [0, 0.1) is 11.6 Å². The Morgan fingerprint density at radius 2 is 1.21 bits per heavy atom. The first-order chi connectivity index (χ1) is 20.4. The maximum atomic E-state index is 14.9. The van der Waals surface area contributed by atoms with Crippen LogP contribution in [-0.2, 0) is 12.4 Å². The van der Waals surface area contributed by atoms with Gasteiger partial charge in [-0.3, -0.25) is 14.5 Å². The maximum Gasteiger partial charge on any atom is 0.261 e. The minimum absolute atomic E-state index is 0.0143. The normalized spacial score (nSPS) is 12.2. The molecule has 3 aromatic carbocycles. The van der Waals surface area contributed by atoms with E-state index in [4.69, 9.17) is 21.1 Å². The van der Waals surface area contributed by atoms with E-state index in [1.165, 1.54) is 61.0 Å². The van der Waals surface area contributed by atoms with Crippen LogP contribution in [0.1, 0.15) is 31.8 Å². The van der Waals surface area contributed by atoms with E-state index in [9.17, 15) is 18.4 Å². The molecule has 0 saturated heterocycles. The number of rotatable bonds is 7. The molecule has 0 bridgehead atoms. The summed E-state index contributed by atoms with van der Waals surface area (Å²) < 4.78 is 41.5. The number of methoxy groups -OCH3 is 2. The molecule has 0 aliphatic carbocycles. The number of aromatic nitrogens is 6. The molecule has 11 nitrogen and oxygen atoms in total. The highest BCUT2D eigenvalue weighted by Crippen LogP contribution is 2.31. The topological polar surface area (TPSA) is 117 Å². The second-order valence-corrected chi connectivity index (χ2v) is 8.98. The lowest BCUT2D eigenvalue weighted by Crippen LogP contribution is -2.30. The average molecular weight is 594 g/mol. The molecule has 0 spiro atoms. The van der Waals surface area contributed by atoms with E-state index in [-0.39, 0.29) is 29.5 Å². The van der Waals surface area contributed by atoms with Crippen molar-refractivity contribution < 1.29 is 27.8 Å². The van der Waals surface area contributed by atoms with Gasteiger partial charge in [0, 0.05) is 11.1 Å². The van der Waals surface area contributed by atoms with Crippen molar-refractivity contribution in [2.75, 3.05) is 14.2 Å². The second-order valence-electron chi connectivity index (χ2n) is 8.71. The van der Waals surface area contributed by atoms with Crippen LogP contribution in [0.5, 0.6) is 11.5 Å². The van der Waals surface area contributed by atoms with Gasteiger partial charge in [0.25, 0.3) is 11.8 Å². The third-order valence-corrected chi connectivity index (χ3v) is 6.73. The molecule has 2 amide bonds. The van der Waals surface area contributed by atoms with E-state index in [2.05, 4.69) is 20.2 Å². The number of imide groups is 1. The van der Waals surface area contributed by atoms with Crippen molar-refractivity contribution in [3.8, 4) is 22.9 Å². The van der Waals surface area contributed by atoms with Gasteiger partial charge in [0.05, 0.1) is 49.1 Å². The van der Waals surface area contributed by atoms with Crippen molar-refractivity contribution in [1.29, 1.82) is 0 Å². The lowest BCUT2D eigenvalue weighted by atomic mass is 10.1. The summed E-state index contributed by atoms with van der Waals surface area (Å²) in [6, 6.07) is 12.8. The Hall–Kier alpha value is -5.17. The van der Waals surface area contributed by atoms with E-state index in [0.717, 1.165) is 4.90 Å². The summed E-state index contributed by atoms with van der Waals surface area (Å²) in [5, 5.41) is 7.94. The van der Waals surface area contributed by atoms with Gasteiger partial charge in [-0.15, -0.1) is 11.6 Å². The molecule has 0 fully saturated rings. The molecule has 0 N–H and O–H groups in total. The number of benzene rings is 3. The Bertz CT molecular complexity index is 1710. The molecule has 0 saturated carbocycles. The molecule has 1 aliphatic rings. The van der Waals surface area contributed by atoms with Crippen molar-refractivity contribution in [3.63, 3.8) is 0 Å². The highest BCUT2D eigenvalue weighted by molar-refractivity contribution is 6.21. The van der Waals surface area contributed by atoms with Gasteiger partial charge in [-0.05, 0) is 36.4 Å². The molecule has 0 atom stereocenters. The van der Waals surface area contributed by atoms with Crippen LogP contribution in [0.25, 0.3) is 11.4 Å². The summed E-state index contributed by atoms with van der Waals surface area (Å²) in [5.74, 6) is -1.82. The number of halogens is 3. The molecule has 214 valence electrons. The summed E-state index contributed by atoms with van der Waals surface area (Å²) in [4.78, 5) is 33.9. The minimum atomic E-state index is -0.656. The van der Waals surface area contributed by atoms with Crippen molar-refractivity contribution >= 4 is 23.4 Å². The highest BCUT2D eigenvalue weighted by Gasteiger charge is 2.36. The van der Waals surface area contributed by atoms with Crippen molar-refractivity contribution in [3.05, 3.63) is 108 Å². The van der Waals surface area contributed by atoms with Crippen LogP contribution in [-0.4, -0.2) is 60.5 Å². The minimum Gasteiger partial charge on any atom is -0.494 e. The van der Waals surface area contributed by atoms with Gasteiger partial charge in [-0.1, -0.05) is 12.1 Å². The molecular formula is C28H22ClF2N7O4. The fourth-order valence-corrected chi connectivity index (χ4v) is 4.66. The summed E-state index contributed by atoms with van der Waals surface area (Å²) in [6.07, 6.45) is 5.58. The largest absolute Gasteiger partial charge is 0.494 e. The van der Waals surface area contributed by atoms with Crippen LogP contribution < -0.4 is 9.47 Å². The smallest absolute Gasteiger partial charge is 0.261 e. The third-order valence-electron chi connectivity index (χ3n) is 6.47. The van der Waals surface area contributed by atoms with Crippen LogP contribution in [0.2, 0.25) is 0 Å². The predicted molar refractivity (Wildman–Crippen MR) is 146 cm³/mol. The molecular weight excluding hydrogens is 572 g/mol. The monoisotopic (exact) mass is 593 g/mol. The first kappa shape index (κ1) is 28.4. The molecule has 3 heterocycles. The Balaban J connectivity index is 0.000000189. The summed E-state index contributed by atoms with van der Waals surface area (Å²) >= 11 is 5.73. The van der Waals surface area contributed by atoms with Crippen molar-refractivity contribution in [2.45, 2.75) is 12.4 Å². The van der Waals surface area contributed by atoms with Gasteiger partial charge in [0.15, 0.2) is 23.1 Å². The quantitative estimate of drug-likeness (QED) is 0.202. The molecule has 42 heavy (non-hydrogen) atoms. The number of hydrogen-bond acceptors (Lipinski definition) is 8. The van der Waals surface area contributed by atoms with Crippen molar-refractivity contribution in [2.24, 2.45) is 0 Å². The van der Waals surface area contributed by atoms with Crippen LogP contribution in [0.3, 0.4) is 0 Å². The standard InChI is InChI=1S/C18H13FN4O3.C10H9ClFN3O/c1-26-15-7-6-14(23-10-20-9-21-23)13(16(15)19)8-22-17(24)11-4-2-3-5-12(11)18(22)25;1-16-9-3-2-8(7(4-11)10(9)12)15-6-13-5-14-15/h2-7,9-10H,8H2,1H3;2-3,5-6H,4H2,1H3. The van der Waals surface area contributed by atoms with E-state index in [0.29, 0.717) is 28.1 Å². The van der Waals surface area contributed by atoms with Gasteiger partial charge in [0.1, 0.15) is 25.3 Å².